The smallest absolute Gasteiger partial charge is 0.273 e. The number of benzene rings is 1. The fourth-order valence-corrected chi connectivity index (χ4v) is 2.15. The Morgan fingerprint density at radius 2 is 2.09 bits per heavy atom. The van der Waals surface area contributed by atoms with E-state index in [1.54, 1.807) is 26.0 Å². The zero-order valence-electron chi connectivity index (χ0n) is 13.7. The molecule has 0 aliphatic rings. The van der Waals surface area contributed by atoms with E-state index in [0.717, 1.165) is 0 Å². The van der Waals surface area contributed by atoms with Crippen molar-refractivity contribution in [1.29, 1.82) is 0 Å². The molecule has 6 nitrogen and oxygen atoms in total. The predicted molar refractivity (Wildman–Crippen MR) is 88.9 cm³/mol. The van der Waals surface area contributed by atoms with E-state index in [-0.39, 0.29) is 24.1 Å². The molecule has 2 N–H and O–H groups in total. The minimum absolute atomic E-state index is 0.0164. The largest absolute Gasteiger partial charge is 0.388 e. The Balaban J connectivity index is 2.20. The molecule has 1 unspecified atom stereocenters. The van der Waals surface area contributed by atoms with Gasteiger partial charge in [-0.2, -0.15) is 0 Å². The Labute approximate surface area is 140 Å². The highest BCUT2D eigenvalue weighted by Gasteiger charge is 2.27. The standard InChI is InChI=1S/C16H21ClN4O2/c1-10(2)16(4,23)9-18-15(22)14-11(3)21(20-19-14)13-8-6-5-7-12(13)17/h5-8,10,23H,9H2,1-4H3,(H,18,22). The van der Waals surface area contributed by atoms with Gasteiger partial charge >= 0.3 is 0 Å². The highest BCUT2D eigenvalue weighted by Crippen LogP contribution is 2.21. The molecule has 1 aromatic heterocycles. The minimum Gasteiger partial charge on any atom is -0.388 e. The summed E-state index contributed by atoms with van der Waals surface area (Å²) in [4.78, 5) is 12.3. The van der Waals surface area contributed by atoms with Gasteiger partial charge in [-0.05, 0) is 31.9 Å². The summed E-state index contributed by atoms with van der Waals surface area (Å²) in [6.45, 7) is 7.36. The summed E-state index contributed by atoms with van der Waals surface area (Å²) < 4.78 is 1.53. The summed E-state index contributed by atoms with van der Waals surface area (Å²) in [6.07, 6.45) is 0. The first-order chi connectivity index (χ1) is 10.7. The number of amides is 1. The summed E-state index contributed by atoms with van der Waals surface area (Å²) in [7, 11) is 0. The molecule has 2 aromatic rings. The van der Waals surface area contributed by atoms with E-state index in [1.165, 1.54) is 4.68 Å². The Morgan fingerprint density at radius 3 is 2.70 bits per heavy atom. The van der Waals surface area contributed by atoms with Crippen LogP contribution in [-0.4, -0.2) is 38.2 Å². The van der Waals surface area contributed by atoms with Gasteiger partial charge in [0.15, 0.2) is 5.69 Å². The SMILES string of the molecule is Cc1c(C(=O)NCC(C)(O)C(C)C)nnn1-c1ccccc1Cl. The summed E-state index contributed by atoms with van der Waals surface area (Å²) in [5.41, 5.74) is 0.471. The molecule has 7 heteroatoms. The number of nitrogens with zero attached hydrogens (tertiary/aromatic N) is 3. The maximum atomic E-state index is 12.3. The lowest BCUT2D eigenvalue weighted by atomic mass is 9.92. The second-order valence-corrected chi connectivity index (χ2v) is 6.49. The number of hydrogen-bond acceptors (Lipinski definition) is 4. The molecule has 0 radical (unpaired) electrons. The van der Waals surface area contributed by atoms with Crippen molar-refractivity contribution < 1.29 is 9.90 Å². The lowest BCUT2D eigenvalue weighted by molar-refractivity contribution is 0.0141. The Hall–Kier alpha value is -1.92. The third kappa shape index (κ3) is 3.71. The Morgan fingerprint density at radius 1 is 1.43 bits per heavy atom. The number of nitrogens with one attached hydrogen (secondary N) is 1. The summed E-state index contributed by atoms with van der Waals surface area (Å²) in [5, 5.41) is 21.4. The molecular weight excluding hydrogens is 316 g/mol. The highest BCUT2D eigenvalue weighted by atomic mass is 35.5. The molecule has 0 fully saturated rings. The molecular formula is C16H21ClN4O2. The van der Waals surface area contributed by atoms with Gasteiger partial charge in [0.2, 0.25) is 0 Å². The van der Waals surface area contributed by atoms with Crippen molar-refractivity contribution in [2.24, 2.45) is 5.92 Å². The van der Waals surface area contributed by atoms with Crippen LogP contribution in [0.3, 0.4) is 0 Å². The second-order valence-electron chi connectivity index (χ2n) is 6.08. The van der Waals surface area contributed by atoms with Gasteiger partial charge in [0, 0.05) is 6.54 Å². The normalized spacial score (nSPS) is 13.9. The van der Waals surface area contributed by atoms with Crippen LogP contribution in [0.2, 0.25) is 5.02 Å². The first-order valence-corrected chi connectivity index (χ1v) is 7.79. The third-order valence-corrected chi connectivity index (χ3v) is 4.36. The number of rotatable bonds is 5. The summed E-state index contributed by atoms with van der Waals surface area (Å²) >= 11 is 6.15. The maximum Gasteiger partial charge on any atom is 0.273 e. The van der Waals surface area contributed by atoms with Gasteiger partial charge in [0.05, 0.1) is 22.0 Å². The van der Waals surface area contributed by atoms with Gasteiger partial charge in [-0.25, -0.2) is 4.68 Å². The molecule has 1 aromatic carbocycles. The van der Waals surface area contributed by atoms with Crippen molar-refractivity contribution in [1.82, 2.24) is 20.3 Å². The van der Waals surface area contributed by atoms with Crippen molar-refractivity contribution in [3.63, 3.8) is 0 Å². The quantitative estimate of drug-likeness (QED) is 0.878. The van der Waals surface area contributed by atoms with E-state index >= 15 is 0 Å². The average molecular weight is 337 g/mol. The summed E-state index contributed by atoms with van der Waals surface area (Å²) in [5.74, 6) is -0.357. The summed E-state index contributed by atoms with van der Waals surface area (Å²) in [6, 6.07) is 7.20. The van der Waals surface area contributed by atoms with Crippen LogP contribution in [-0.2, 0) is 0 Å². The molecule has 23 heavy (non-hydrogen) atoms. The third-order valence-electron chi connectivity index (χ3n) is 4.04. The van der Waals surface area contributed by atoms with Crippen LogP contribution in [0, 0.1) is 12.8 Å². The fraction of sp³-hybridized carbons (Fsp3) is 0.438. The minimum atomic E-state index is -0.984. The number of aliphatic hydroxyl groups is 1. The van der Waals surface area contributed by atoms with Crippen LogP contribution in [0.5, 0.6) is 0 Å². The van der Waals surface area contributed by atoms with Crippen molar-refractivity contribution in [2.75, 3.05) is 6.54 Å². The lowest BCUT2D eigenvalue weighted by Gasteiger charge is -2.27. The molecule has 0 saturated carbocycles. The van der Waals surface area contributed by atoms with Gasteiger partial charge in [0.1, 0.15) is 0 Å². The van der Waals surface area contributed by atoms with Crippen LogP contribution >= 0.6 is 11.6 Å². The monoisotopic (exact) mass is 336 g/mol. The van der Waals surface area contributed by atoms with Gasteiger partial charge in [-0.15, -0.1) is 5.10 Å². The van der Waals surface area contributed by atoms with Crippen molar-refractivity contribution in [3.05, 3.63) is 40.7 Å². The number of hydrogen-bond donors (Lipinski definition) is 2. The van der Waals surface area contributed by atoms with Gasteiger partial charge in [-0.1, -0.05) is 42.8 Å². The molecule has 0 spiro atoms. The molecule has 0 aliphatic carbocycles. The van der Waals surface area contributed by atoms with Crippen LogP contribution in [0.4, 0.5) is 0 Å². The molecule has 0 bridgehead atoms. The van der Waals surface area contributed by atoms with E-state index in [0.29, 0.717) is 16.4 Å². The van der Waals surface area contributed by atoms with Crippen molar-refractivity contribution in [3.8, 4) is 5.69 Å². The lowest BCUT2D eigenvalue weighted by Crippen LogP contribution is -2.44. The highest BCUT2D eigenvalue weighted by molar-refractivity contribution is 6.32. The first-order valence-electron chi connectivity index (χ1n) is 7.42. The molecule has 1 atom stereocenters. The van der Waals surface area contributed by atoms with Gasteiger partial charge in [0.25, 0.3) is 5.91 Å². The predicted octanol–water partition coefficient (Wildman–Crippen LogP) is 2.37. The zero-order valence-corrected chi connectivity index (χ0v) is 14.4. The van der Waals surface area contributed by atoms with E-state index in [4.69, 9.17) is 11.6 Å². The molecule has 124 valence electrons. The van der Waals surface area contributed by atoms with E-state index in [2.05, 4.69) is 15.6 Å². The van der Waals surface area contributed by atoms with Crippen LogP contribution < -0.4 is 5.32 Å². The van der Waals surface area contributed by atoms with Gasteiger partial charge in [-0.3, -0.25) is 4.79 Å². The number of carbonyl (C=O) groups is 1. The number of halogens is 1. The van der Waals surface area contributed by atoms with E-state index in [9.17, 15) is 9.90 Å². The fourth-order valence-electron chi connectivity index (χ4n) is 1.94. The van der Waals surface area contributed by atoms with E-state index < -0.39 is 5.60 Å². The number of aromatic nitrogens is 3. The first kappa shape index (κ1) is 17.4. The van der Waals surface area contributed by atoms with E-state index in [1.807, 2.05) is 26.0 Å². The maximum absolute atomic E-state index is 12.3. The average Bonchev–Trinajstić information content (AvgIpc) is 2.87. The molecule has 0 saturated heterocycles. The topological polar surface area (TPSA) is 80.0 Å². The molecule has 2 rings (SSSR count). The molecule has 0 aliphatic heterocycles. The molecule has 1 amide bonds. The van der Waals surface area contributed by atoms with Crippen molar-refractivity contribution in [2.45, 2.75) is 33.3 Å². The second kappa shape index (κ2) is 6.68. The Bertz CT molecular complexity index is 710. The van der Waals surface area contributed by atoms with Gasteiger partial charge < -0.3 is 10.4 Å². The van der Waals surface area contributed by atoms with Crippen molar-refractivity contribution >= 4 is 17.5 Å². The zero-order chi connectivity index (χ0) is 17.2. The molecule has 1 heterocycles. The number of carbonyl (C=O) groups excluding carboxylic acids is 1. The van der Waals surface area contributed by atoms with Crippen LogP contribution in [0.15, 0.2) is 24.3 Å². The van der Waals surface area contributed by atoms with Crippen LogP contribution in [0.1, 0.15) is 37.0 Å². The Kier molecular flexibility index (Phi) is 5.06. The van der Waals surface area contributed by atoms with Crippen LogP contribution in [0.25, 0.3) is 5.69 Å². The number of para-hydroxylation sites is 1.